The molecule has 0 fully saturated rings. The van der Waals surface area contributed by atoms with Crippen molar-refractivity contribution < 1.29 is 17.9 Å². The smallest absolute Gasteiger partial charge is 0.417 e. The maximum Gasteiger partial charge on any atom is 0.417 e. The van der Waals surface area contributed by atoms with Crippen LogP contribution in [-0.4, -0.2) is 11.2 Å². The molecule has 32 heavy (non-hydrogen) atoms. The van der Waals surface area contributed by atoms with Crippen LogP contribution in [0.5, 0.6) is 5.75 Å². The molecule has 0 amide bonds. The van der Waals surface area contributed by atoms with Crippen molar-refractivity contribution in [2.75, 3.05) is 5.43 Å². The average Bonchev–Trinajstić information content (AvgIpc) is 2.78. The zero-order chi connectivity index (χ0) is 22.6. The van der Waals surface area contributed by atoms with Gasteiger partial charge in [-0.05, 0) is 46.7 Å². The molecule has 0 saturated carbocycles. The van der Waals surface area contributed by atoms with Crippen molar-refractivity contribution in [3.63, 3.8) is 0 Å². The normalized spacial score (nSPS) is 11.8. The van der Waals surface area contributed by atoms with Crippen LogP contribution in [0.15, 0.2) is 88.6 Å². The molecule has 0 radical (unpaired) electrons. The number of nitrogens with one attached hydrogen (secondary N) is 1. The molecule has 0 atom stereocenters. The van der Waals surface area contributed by atoms with Crippen LogP contribution in [0.4, 0.5) is 19.0 Å². The van der Waals surface area contributed by atoms with Crippen molar-refractivity contribution in [2.45, 2.75) is 12.8 Å². The quantitative estimate of drug-likeness (QED) is 0.228. The molecule has 1 N–H and O–H groups in total. The van der Waals surface area contributed by atoms with Crippen LogP contribution in [0.1, 0.15) is 16.7 Å². The maximum atomic E-state index is 12.6. The number of benzene rings is 3. The lowest BCUT2D eigenvalue weighted by molar-refractivity contribution is -0.137. The summed E-state index contributed by atoms with van der Waals surface area (Å²) in [4.78, 5) is 3.74. The van der Waals surface area contributed by atoms with E-state index in [1.54, 1.807) is 0 Å². The predicted octanol–water partition coefficient (Wildman–Crippen LogP) is 7.04. The second-order valence-corrected chi connectivity index (χ2v) is 7.82. The van der Waals surface area contributed by atoms with Crippen molar-refractivity contribution in [3.8, 4) is 5.75 Å². The van der Waals surface area contributed by atoms with Gasteiger partial charge in [0.25, 0.3) is 0 Å². The molecular weight excluding hydrogens is 483 g/mol. The lowest BCUT2D eigenvalue weighted by Gasteiger charge is -2.11. The number of ether oxygens (including phenoxy) is 1. The number of pyridine rings is 1. The van der Waals surface area contributed by atoms with Gasteiger partial charge in [0.2, 0.25) is 0 Å². The van der Waals surface area contributed by atoms with E-state index in [0.717, 1.165) is 33.1 Å². The molecule has 1 heterocycles. The highest BCUT2D eigenvalue weighted by Crippen LogP contribution is 2.29. The van der Waals surface area contributed by atoms with E-state index in [2.05, 4.69) is 49.6 Å². The number of aromatic nitrogens is 1. The van der Waals surface area contributed by atoms with E-state index in [1.807, 2.05) is 42.5 Å². The Labute approximate surface area is 190 Å². The van der Waals surface area contributed by atoms with Gasteiger partial charge in [0, 0.05) is 16.2 Å². The standard InChI is InChI=1S/C24H17BrF3N3O/c25-20-9-10-22(32-15-17-6-3-5-16-4-1-2-7-21(16)17)18(12-20)13-30-31-23-11-8-19(14-29-23)24(26,27)28/h1-14H,15H2,(H,29,31)/b30-13-. The summed E-state index contributed by atoms with van der Waals surface area (Å²) in [5, 5.41) is 6.35. The molecule has 8 heteroatoms. The van der Waals surface area contributed by atoms with E-state index >= 15 is 0 Å². The molecule has 0 aliphatic rings. The van der Waals surface area contributed by atoms with Crippen LogP contribution in [0.2, 0.25) is 0 Å². The van der Waals surface area contributed by atoms with E-state index in [4.69, 9.17) is 4.74 Å². The number of anilines is 1. The largest absolute Gasteiger partial charge is 0.488 e. The Morgan fingerprint density at radius 1 is 1.00 bits per heavy atom. The van der Waals surface area contributed by atoms with Gasteiger partial charge < -0.3 is 4.74 Å². The van der Waals surface area contributed by atoms with Gasteiger partial charge in [0.05, 0.1) is 11.8 Å². The second-order valence-electron chi connectivity index (χ2n) is 6.91. The van der Waals surface area contributed by atoms with Gasteiger partial charge in [-0.2, -0.15) is 18.3 Å². The first-order valence-electron chi connectivity index (χ1n) is 9.61. The first-order valence-corrected chi connectivity index (χ1v) is 10.4. The zero-order valence-electron chi connectivity index (χ0n) is 16.6. The topological polar surface area (TPSA) is 46.5 Å². The van der Waals surface area contributed by atoms with Crippen molar-refractivity contribution in [3.05, 3.63) is 100 Å². The van der Waals surface area contributed by atoms with E-state index < -0.39 is 11.7 Å². The van der Waals surface area contributed by atoms with E-state index in [-0.39, 0.29) is 5.82 Å². The molecule has 0 saturated heterocycles. The third-order valence-corrected chi connectivity index (χ3v) is 5.20. The molecule has 3 aromatic carbocycles. The monoisotopic (exact) mass is 499 g/mol. The molecule has 0 unspecified atom stereocenters. The zero-order valence-corrected chi connectivity index (χ0v) is 18.2. The number of rotatable bonds is 6. The number of fused-ring (bicyclic) bond motifs is 1. The Morgan fingerprint density at radius 2 is 1.81 bits per heavy atom. The fourth-order valence-electron chi connectivity index (χ4n) is 3.12. The van der Waals surface area contributed by atoms with Crippen molar-refractivity contribution >= 4 is 38.7 Å². The Hall–Kier alpha value is -3.39. The van der Waals surface area contributed by atoms with Crippen molar-refractivity contribution in [2.24, 2.45) is 5.10 Å². The van der Waals surface area contributed by atoms with Gasteiger partial charge in [-0.15, -0.1) is 0 Å². The van der Waals surface area contributed by atoms with Crippen LogP contribution in [0.25, 0.3) is 10.8 Å². The predicted molar refractivity (Wildman–Crippen MR) is 123 cm³/mol. The van der Waals surface area contributed by atoms with E-state index in [1.165, 1.54) is 12.3 Å². The van der Waals surface area contributed by atoms with Crippen LogP contribution in [-0.2, 0) is 12.8 Å². The van der Waals surface area contributed by atoms with Gasteiger partial charge in [0.1, 0.15) is 18.2 Å². The summed E-state index contributed by atoms with van der Waals surface area (Å²) in [6, 6.07) is 21.9. The maximum absolute atomic E-state index is 12.6. The summed E-state index contributed by atoms with van der Waals surface area (Å²) in [7, 11) is 0. The third kappa shape index (κ3) is 5.26. The lowest BCUT2D eigenvalue weighted by atomic mass is 10.1. The summed E-state index contributed by atoms with van der Waals surface area (Å²) in [5.41, 5.74) is 3.57. The third-order valence-electron chi connectivity index (χ3n) is 4.71. The Kier molecular flexibility index (Phi) is 6.41. The van der Waals surface area contributed by atoms with E-state index in [0.29, 0.717) is 17.9 Å². The molecule has 4 nitrogen and oxygen atoms in total. The van der Waals surface area contributed by atoms with Crippen LogP contribution in [0.3, 0.4) is 0 Å². The van der Waals surface area contributed by atoms with Gasteiger partial charge in [-0.25, -0.2) is 4.98 Å². The Morgan fingerprint density at radius 3 is 2.59 bits per heavy atom. The van der Waals surface area contributed by atoms with Crippen LogP contribution < -0.4 is 10.2 Å². The highest BCUT2D eigenvalue weighted by atomic mass is 79.9. The van der Waals surface area contributed by atoms with Gasteiger partial charge in [-0.1, -0.05) is 58.4 Å². The average molecular weight is 500 g/mol. The van der Waals surface area contributed by atoms with Crippen LogP contribution >= 0.6 is 15.9 Å². The molecule has 1 aromatic heterocycles. The minimum Gasteiger partial charge on any atom is -0.488 e. The SMILES string of the molecule is FC(F)(F)c1ccc(N/N=C\c2cc(Br)ccc2OCc2cccc3ccccc23)nc1. The van der Waals surface area contributed by atoms with Crippen LogP contribution in [0, 0.1) is 0 Å². The number of hydrazone groups is 1. The lowest BCUT2D eigenvalue weighted by Crippen LogP contribution is -2.05. The molecule has 0 aliphatic heterocycles. The Balaban J connectivity index is 1.48. The van der Waals surface area contributed by atoms with Crippen molar-refractivity contribution in [1.82, 2.24) is 4.98 Å². The number of hydrogen-bond acceptors (Lipinski definition) is 4. The minimum atomic E-state index is -4.43. The molecule has 4 aromatic rings. The van der Waals surface area contributed by atoms with Gasteiger partial charge in [-0.3, -0.25) is 5.43 Å². The second kappa shape index (κ2) is 9.40. The first-order chi connectivity index (χ1) is 15.4. The fourth-order valence-corrected chi connectivity index (χ4v) is 3.50. The molecular formula is C24H17BrF3N3O. The summed E-state index contributed by atoms with van der Waals surface area (Å²) >= 11 is 3.43. The number of hydrogen-bond donors (Lipinski definition) is 1. The highest BCUT2D eigenvalue weighted by Gasteiger charge is 2.30. The number of alkyl halides is 3. The molecule has 0 bridgehead atoms. The van der Waals surface area contributed by atoms with Gasteiger partial charge in [0.15, 0.2) is 0 Å². The minimum absolute atomic E-state index is 0.197. The molecule has 0 aliphatic carbocycles. The molecule has 4 rings (SSSR count). The summed E-state index contributed by atoms with van der Waals surface area (Å²) < 4.78 is 44.8. The molecule has 0 spiro atoms. The highest BCUT2D eigenvalue weighted by molar-refractivity contribution is 9.10. The number of halogens is 4. The Bertz CT molecular complexity index is 1250. The van der Waals surface area contributed by atoms with E-state index in [9.17, 15) is 13.2 Å². The molecule has 162 valence electrons. The summed E-state index contributed by atoms with van der Waals surface area (Å²) in [6.45, 7) is 0.373. The van der Waals surface area contributed by atoms with Crippen molar-refractivity contribution in [1.29, 1.82) is 0 Å². The number of nitrogens with zero attached hydrogens (tertiary/aromatic N) is 2. The fraction of sp³-hybridized carbons (Fsp3) is 0.0833. The van der Waals surface area contributed by atoms with Gasteiger partial charge >= 0.3 is 6.18 Å². The summed E-state index contributed by atoms with van der Waals surface area (Å²) in [6.07, 6.45) is -2.14. The summed E-state index contributed by atoms with van der Waals surface area (Å²) in [5.74, 6) is 0.814. The first kappa shape index (κ1) is 21.8.